The molecule has 0 aliphatic heterocycles. The molecule has 1 rings (SSSR count). The van der Waals surface area contributed by atoms with Gasteiger partial charge in [-0.3, -0.25) is 0 Å². The number of nitrogens with one attached hydrogen (secondary N) is 1. The van der Waals surface area contributed by atoms with E-state index in [1.54, 1.807) is 7.11 Å². The normalized spacial score (nSPS) is 29.8. The quantitative estimate of drug-likeness (QED) is 0.770. The molecule has 0 saturated heterocycles. The average Bonchev–Trinajstić information content (AvgIpc) is 2.14. The molecule has 0 spiro atoms. The molecule has 17 heavy (non-hydrogen) atoms. The Morgan fingerprint density at radius 3 is 2.53 bits per heavy atom. The average molecular weight is 244 g/mol. The predicted octanol–water partition coefficient (Wildman–Crippen LogP) is 1.41. The van der Waals surface area contributed by atoms with E-state index in [9.17, 15) is 4.79 Å². The van der Waals surface area contributed by atoms with E-state index in [1.165, 1.54) is 0 Å². The van der Waals surface area contributed by atoms with E-state index in [-0.39, 0.29) is 18.2 Å². The van der Waals surface area contributed by atoms with Gasteiger partial charge in [0, 0.05) is 13.2 Å². The van der Waals surface area contributed by atoms with E-state index in [0.717, 1.165) is 19.3 Å². The van der Waals surface area contributed by atoms with Crippen molar-refractivity contribution in [3.63, 3.8) is 0 Å². The second-order valence-electron chi connectivity index (χ2n) is 5.55. The minimum atomic E-state index is -0.483. The van der Waals surface area contributed by atoms with Crippen molar-refractivity contribution in [1.29, 1.82) is 0 Å². The number of nitrogens with two attached hydrogens (primary N) is 1. The van der Waals surface area contributed by atoms with Gasteiger partial charge in [0.05, 0.1) is 12.1 Å². The zero-order valence-electron chi connectivity index (χ0n) is 11.2. The molecule has 1 amide bonds. The van der Waals surface area contributed by atoms with Gasteiger partial charge in [-0.05, 0) is 40.0 Å². The lowest BCUT2D eigenvalue weighted by molar-refractivity contribution is 0.0125. The molecule has 0 aromatic rings. The second-order valence-corrected chi connectivity index (χ2v) is 5.55. The van der Waals surface area contributed by atoms with E-state index >= 15 is 0 Å². The fourth-order valence-corrected chi connectivity index (χ4v) is 2.15. The maximum atomic E-state index is 11.7. The Morgan fingerprint density at radius 1 is 1.35 bits per heavy atom. The SMILES string of the molecule is COC1C(N)CCCC1NC(=O)OC(C)(C)C. The number of amides is 1. The summed E-state index contributed by atoms with van der Waals surface area (Å²) in [4.78, 5) is 11.7. The second kappa shape index (κ2) is 5.69. The maximum Gasteiger partial charge on any atom is 0.407 e. The lowest BCUT2D eigenvalue weighted by Crippen LogP contribution is -2.55. The molecule has 0 aromatic carbocycles. The van der Waals surface area contributed by atoms with Gasteiger partial charge in [-0.15, -0.1) is 0 Å². The van der Waals surface area contributed by atoms with Gasteiger partial charge in [-0.1, -0.05) is 0 Å². The maximum absolute atomic E-state index is 11.7. The Kier molecular flexibility index (Phi) is 4.77. The molecule has 5 nitrogen and oxygen atoms in total. The highest BCUT2D eigenvalue weighted by Gasteiger charge is 2.33. The standard InChI is InChI=1S/C12H24N2O3/c1-12(2,3)17-11(15)14-9-7-5-6-8(13)10(9)16-4/h8-10H,5-7,13H2,1-4H3,(H,14,15). The third kappa shape index (κ3) is 4.52. The fourth-order valence-electron chi connectivity index (χ4n) is 2.15. The minimum absolute atomic E-state index is 0.0197. The topological polar surface area (TPSA) is 73.6 Å². The number of carbonyl (C=O) groups excluding carboxylic acids is 1. The van der Waals surface area contributed by atoms with Crippen molar-refractivity contribution in [2.24, 2.45) is 5.73 Å². The highest BCUT2D eigenvalue weighted by molar-refractivity contribution is 5.68. The van der Waals surface area contributed by atoms with Crippen LogP contribution in [0.4, 0.5) is 4.79 Å². The fraction of sp³-hybridized carbons (Fsp3) is 0.917. The summed E-state index contributed by atoms with van der Waals surface area (Å²) in [7, 11) is 1.62. The Bertz CT molecular complexity index is 263. The molecule has 0 heterocycles. The van der Waals surface area contributed by atoms with Crippen molar-refractivity contribution in [3.8, 4) is 0 Å². The van der Waals surface area contributed by atoms with Crippen molar-refractivity contribution < 1.29 is 14.3 Å². The smallest absolute Gasteiger partial charge is 0.407 e. The van der Waals surface area contributed by atoms with Gasteiger partial charge in [0.1, 0.15) is 5.60 Å². The van der Waals surface area contributed by atoms with Crippen LogP contribution in [0.25, 0.3) is 0 Å². The zero-order chi connectivity index (χ0) is 13.1. The van der Waals surface area contributed by atoms with E-state index in [1.807, 2.05) is 20.8 Å². The molecular weight excluding hydrogens is 220 g/mol. The van der Waals surface area contributed by atoms with Crippen LogP contribution in [0.5, 0.6) is 0 Å². The van der Waals surface area contributed by atoms with Crippen LogP contribution >= 0.6 is 0 Å². The van der Waals surface area contributed by atoms with Crippen LogP contribution in [-0.4, -0.2) is 37.0 Å². The Hall–Kier alpha value is -0.810. The molecule has 1 fully saturated rings. The summed E-state index contributed by atoms with van der Waals surface area (Å²) in [5.41, 5.74) is 5.48. The largest absolute Gasteiger partial charge is 0.444 e. The molecule has 1 aliphatic carbocycles. The van der Waals surface area contributed by atoms with Gasteiger partial charge in [0.2, 0.25) is 0 Å². The highest BCUT2D eigenvalue weighted by atomic mass is 16.6. The molecule has 1 saturated carbocycles. The molecule has 3 N–H and O–H groups in total. The number of alkyl carbamates (subject to hydrolysis) is 1. The first-order chi connectivity index (χ1) is 7.83. The summed E-state index contributed by atoms with van der Waals surface area (Å²) in [5.74, 6) is 0. The number of hydrogen-bond acceptors (Lipinski definition) is 4. The summed E-state index contributed by atoms with van der Waals surface area (Å²) in [5, 5.41) is 2.84. The first-order valence-electron chi connectivity index (χ1n) is 6.11. The first-order valence-corrected chi connectivity index (χ1v) is 6.11. The van der Waals surface area contributed by atoms with Gasteiger partial charge in [0.15, 0.2) is 0 Å². The van der Waals surface area contributed by atoms with Crippen molar-refractivity contribution >= 4 is 6.09 Å². The van der Waals surface area contributed by atoms with Gasteiger partial charge in [0.25, 0.3) is 0 Å². The third-order valence-corrected chi connectivity index (χ3v) is 2.85. The minimum Gasteiger partial charge on any atom is -0.444 e. The van der Waals surface area contributed by atoms with Crippen molar-refractivity contribution in [2.45, 2.75) is 63.8 Å². The third-order valence-electron chi connectivity index (χ3n) is 2.85. The van der Waals surface area contributed by atoms with E-state index in [4.69, 9.17) is 15.2 Å². The molecule has 100 valence electrons. The van der Waals surface area contributed by atoms with Crippen LogP contribution in [0.3, 0.4) is 0 Å². The summed E-state index contributed by atoms with van der Waals surface area (Å²) >= 11 is 0. The molecular formula is C12H24N2O3. The molecule has 3 atom stereocenters. The molecule has 1 aliphatic rings. The highest BCUT2D eigenvalue weighted by Crippen LogP contribution is 2.20. The lowest BCUT2D eigenvalue weighted by atomic mass is 9.88. The van der Waals surface area contributed by atoms with E-state index in [2.05, 4.69) is 5.32 Å². The molecule has 0 radical (unpaired) electrons. The number of ether oxygens (including phenoxy) is 2. The number of rotatable bonds is 2. The Balaban J connectivity index is 2.51. The summed E-state index contributed by atoms with van der Waals surface area (Å²) in [6.07, 6.45) is 2.28. The number of methoxy groups -OCH3 is 1. The number of carbonyl (C=O) groups is 1. The predicted molar refractivity (Wildman–Crippen MR) is 65.8 cm³/mol. The van der Waals surface area contributed by atoms with Crippen molar-refractivity contribution in [1.82, 2.24) is 5.32 Å². The summed E-state index contributed by atoms with van der Waals surface area (Å²) < 4.78 is 10.6. The van der Waals surface area contributed by atoms with E-state index < -0.39 is 11.7 Å². The van der Waals surface area contributed by atoms with Crippen LogP contribution < -0.4 is 11.1 Å². The monoisotopic (exact) mass is 244 g/mol. The van der Waals surface area contributed by atoms with Crippen molar-refractivity contribution in [2.75, 3.05) is 7.11 Å². The van der Waals surface area contributed by atoms with Crippen LogP contribution in [0.1, 0.15) is 40.0 Å². The zero-order valence-corrected chi connectivity index (χ0v) is 11.2. The lowest BCUT2D eigenvalue weighted by Gasteiger charge is -2.35. The van der Waals surface area contributed by atoms with Gasteiger partial charge in [-0.25, -0.2) is 4.79 Å². The van der Waals surface area contributed by atoms with Gasteiger partial charge < -0.3 is 20.5 Å². The molecule has 5 heteroatoms. The molecule has 3 unspecified atom stereocenters. The molecule has 0 aromatic heterocycles. The molecule has 0 bridgehead atoms. The number of hydrogen-bond donors (Lipinski definition) is 2. The summed E-state index contributed by atoms with van der Waals surface area (Å²) in [6, 6.07) is -0.0766. The van der Waals surface area contributed by atoms with E-state index in [0.29, 0.717) is 0 Å². The van der Waals surface area contributed by atoms with Crippen LogP contribution in [0.2, 0.25) is 0 Å². The Labute approximate surface area is 103 Å². The van der Waals surface area contributed by atoms with Crippen LogP contribution in [-0.2, 0) is 9.47 Å². The van der Waals surface area contributed by atoms with Gasteiger partial charge >= 0.3 is 6.09 Å². The first kappa shape index (κ1) is 14.3. The van der Waals surface area contributed by atoms with Crippen LogP contribution in [0, 0.1) is 0 Å². The Morgan fingerprint density at radius 2 is 2.00 bits per heavy atom. The van der Waals surface area contributed by atoms with Gasteiger partial charge in [-0.2, -0.15) is 0 Å². The van der Waals surface area contributed by atoms with Crippen molar-refractivity contribution in [3.05, 3.63) is 0 Å². The summed E-state index contributed by atoms with van der Waals surface area (Å²) in [6.45, 7) is 5.52. The van der Waals surface area contributed by atoms with Crippen LogP contribution in [0.15, 0.2) is 0 Å².